The van der Waals surface area contributed by atoms with Gasteiger partial charge in [-0.25, -0.2) is 4.98 Å². The third kappa shape index (κ3) is 4.45. The molecule has 1 atom stereocenters. The summed E-state index contributed by atoms with van der Waals surface area (Å²) in [5.74, 6) is 0.988. The summed E-state index contributed by atoms with van der Waals surface area (Å²) in [6, 6.07) is 6.76. The Morgan fingerprint density at radius 3 is 2.87 bits per heavy atom. The van der Waals surface area contributed by atoms with Gasteiger partial charge in [-0.2, -0.15) is 5.10 Å². The topological polar surface area (TPSA) is 60.1 Å². The summed E-state index contributed by atoms with van der Waals surface area (Å²) in [6.07, 6.45) is 7.33. The molecule has 0 amide bonds. The normalized spacial score (nSPS) is 19.3. The summed E-state index contributed by atoms with van der Waals surface area (Å²) in [4.78, 5) is 8.99. The van der Waals surface area contributed by atoms with Crippen molar-refractivity contribution in [1.29, 1.82) is 0 Å². The van der Waals surface area contributed by atoms with Crippen molar-refractivity contribution < 1.29 is 0 Å². The van der Waals surface area contributed by atoms with Gasteiger partial charge in [0.1, 0.15) is 5.82 Å². The third-order valence-electron chi connectivity index (χ3n) is 4.35. The molecule has 0 aliphatic carbocycles. The van der Waals surface area contributed by atoms with Gasteiger partial charge in [-0.1, -0.05) is 0 Å². The molecule has 2 N–H and O–H groups in total. The maximum absolute atomic E-state index is 4.47. The van der Waals surface area contributed by atoms with E-state index in [1.807, 2.05) is 31.4 Å². The van der Waals surface area contributed by atoms with Crippen molar-refractivity contribution in [3.63, 3.8) is 0 Å². The average Bonchev–Trinajstić information content (AvgIpc) is 2.96. The number of anilines is 2. The number of likely N-dealkylation sites (tertiary alicyclic amines) is 1. The summed E-state index contributed by atoms with van der Waals surface area (Å²) in [7, 11) is 4.02. The Balaban J connectivity index is 1.51. The monoisotopic (exact) mass is 314 g/mol. The van der Waals surface area contributed by atoms with Crippen LogP contribution in [0.5, 0.6) is 0 Å². The number of rotatable bonds is 5. The van der Waals surface area contributed by atoms with Gasteiger partial charge in [-0.15, -0.1) is 0 Å². The minimum absolute atomic E-state index is 0.522. The van der Waals surface area contributed by atoms with E-state index >= 15 is 0 Å². The van der Waals surface area contributed by atoms with Crippen LogP contribution < -0.4 is 10.2 Å². The minimum Gasteiger partial charge on any atom is -0.381 e. The van der Waals surface area contributed by atoms with E-state index in [1.165, 1.54) is 18.5 Å². The van der Waals surface area contributed by atoms with Gasteiger partial charge >= 0.3 is 0 Å². The van der Waals surface area contributed by atoms with Gasteiger partial charge in [-0.3, -0.25) is 10.00 Å². The molecule has 3 rings (SSSR count). The predicted molar refractivity (Wildman–Crippen MR) is 93.7 cm³/mol. The van der Waals surface area contributed by atoms with Crippen LogP contribution in [0.15, 0.2) is 30.6 Å². The van der Waals surface area contributed by atoms with Crippen molar-refractivity contribution in [2.75, 3.05) is 37.4 Å². The Kier molecular flexibility index (Phi) is 5.12. The number of hydrogen-bond acceptors (Lipinski definition) is 5. The Bertz CT molecular complexity index is 578. The molecule has 124 valence electrons. The number of hydrogen-bond donors (Lipinski definition) is 2. The van der Waals surface area contributed by atoms with Crippen LogP contribution in [0.3, 0.4) is 0 Å². The van der Waals surface area contributed by atoms with E-state index in [0.717, 1.165) is 37.6 Å². The molecule has 6 heteroatoms. The highest BCUT2D eigenvalue weighted by atomic mass is 15.2. The number of aromatic amines is 1. The minimum atomic E-state index is 0.522. The van der Waals surface area contributed by atoms with Crippen molar-refractivity contribution in [2.45, 2.75) is 31.8 Å². The summed E-state index contributed by atoms with van der Waals surface area (Å²) in [5, 5.41) is 10.7. The molecule has 1 unspecified atom stereocenters. The largest absolute Gasteiger partial charge is 0.381 e. The summed E-state index contributed by atoms with van der Waals surface area (Å²) < 4.78 is 0. The van der Waals surface area contributed by atoms with Crippen molar-refractivity contribution in [2.24, 2.45) is 0 Å². The van der Waals surface area contributed by atoms with Crippen LogP contribution in [-0.2, 0) is 6.54 Å². The van der Waals surface area contributed by atoms with Crippen LogP contribution in [0.4, 0.5) is 11.5 Å². The van der Waals surface area contributed by atoms with E-state index in [1.54, 1.807) is 0 Å². The highest BCUT2D eigenvalue weighted by Gasteiger charge is 2.17. The zero-order valence-electron chi connectivity index (χ0n) is 14.0. The molecule has 1 aliphatic rings. The van der Waals surface area contributed by atoms with E-state index in [2.05, 4.69) is 43.6 Å². The van der Waals surface area contributed by atoms with E-state index in [-0.39, 0.29) is 0 Å². The lowest BCUT2D eigenvalue weighted by molar-refractivity contribution is 0.273. The van der Waals surface area contributed by atoms with Crippen LogP contribution in [-0.4, -0.2) is 53.3 Å². The molecule has 1 aliphatic heterocycles. The Labute approximate surface area is 137 Å². The maximum Gasteiger partial charge on any atom is 0.128 e. The molecule has 23 heavy (non-hydrogen) atoms. The van der Waals surface area contributed by atoms with Crippen molar-refractivity contribution >= 4 is 11.5 Å². The maximum atomic E-state index is 4.47. The van der Waals surface area contributed by atoms with Crippen LogP contribution in [0, 0.1) is 0 Å². The standard InChI is InChI=1S/C17H26N6/c1-22(2)17-6-5-15(12-18-17)20-14-4-3-10-23(11-8-14)13-16-7-9-19-21-16/h5-7,9,12,14,20H,3-4,8,10-11,13H2,1-2H3,(H,19,21). The van der Waals surface area contributed by atoms with Crippen LogP contribution in [0.1, 0.15) is 25.0 Å². The number of H-pyrrole nitrogens is 1. The third-order valence-corrected chi connectivity index (χ3v) is 4.35. The van der Waals surface area contributed by atoms with Gasteiger partial charge in [0.05, 0.1) is 11.9 Å². The Hall–Kier alpha value is -2.08. The van der Waals surface area contributed by atoms with Crippen molar-refractivity contribution in [3.05, 3.63) is 36.3 Å². The molecular formula is C17H26N6. The molecule has 0 aromatic carbocycles. The lowest BCUT2D eigenvalue weighted by Crippen LogP contribution is -2.26. The molecule has 0 spiro atoms. The van der Waals surface area contributed by atoms with E-state index < -0.39 is 0 Å². The lowest BCUT2D eigenvalue weighted by atomic mass is 10.1. The highest BCUT2D eigenvalue weighted by Crippen LogP contribution is 2.19. The SMILES string of the molecule is CN(C)c1ccc(NC2CCCN(Cc3ccn[nH]3)CC2)cn1. The molecule has 6 nitrogen and oxygen atoms in total. The summed E-state index contributed by atoms with van der Waals surface area (Å²) in [6.45, 7) is 3.22. The van der Waals surface area contributed by atoms with E-state index in [0.29, 0.717) is 6.04 Å². The average molecular weight is 314 g/mol. The molecule has 1 saturated heterocycles. The molecule has 0 bridgehead atoms. The first-order valence-electron chi connectivity index (χ1n) is 8.31. The fourth-order valence-electron chi connectivity index (χ4n) is 3.04. The second kappa shape index (κ2) is 7.46. The Morgan fingerprint density at radius 2 is 2.17 bits per heavy atom. The molecule has 0 radical (unpaired) electrons. The number of pyridine rings is 1. The first-order chi connectivity index (χ1) is 11.2. The first-order valence-corrected chi connectivity index (χ1v) is 8.31. The number of nitrogens with zero attached hydrogens (tertiary/aromatic N) is 4. The fraction of sp³-hybridized carbons (Fsp3) is 0.529. The first kappa shape index (κ1) is 15.8. The lowest BCUT2D eigenvalue weighted by Gasteiger charge is -2.20. The molecule has 2 aromatic heterocycles. The second-order valence-electron chi connectivity index (χ2n) is 6.43. The molecule has 0 saturated carbocycles. The number of aromatic nitrogens is 3. The number of nitrogens with one attached hydrogen (secondary N) is 2. The fourth-order valence-corrected chi connectivity index (χ4v) is 3.04. The molecule has 2 aromatic rings. The zero-order valence-corrected chi connectivity index (χ0v) is 14.0. The van der Waals surface area contributed by atoms with Gasteiger partial charge in [-0.05, 0) is 44.0 Å². The summed E-state index contributed by atoms with van der Waals surface area (Å²) >= 11 is 0. The van der Waals surface area contributed by atoms with Gasteiger partial charge in [0, 0.05) is 45.1 Å². The molecular weight excluding hydrogens is 288 g/mol. The predicted octanol–water partition coefficient (Wildman–Crippen LogP) is 2.34. The van der Waals surface area contributed by atoms with Crippen LogP contribution in [0.2, 0.25) is 0 Å². The van der Waals surface area contributed by atoms with Gasteiger partial charge in [0.2, 0.25) is 0 Å². The molecule has 3 heterocycles. The van der Waals surface area contributed by atoms with Crippen LogP contribution in [0.25, 0.3) is 0 Å². The highest BCUT2D eigenvalue weighted by molar-refractivity contribution is 5.48. The Morgan fingerprint density at radius 1 is 1.26 bits per heavy atom. The van der Waals surface area contributed by atoms with E-state index in [4.69, 9.17) is 0 Å². The zero-order chi connectivity index (χ0) is 16.1. The van der Waals surface area contributed by atoms with Gasteiger partial charge in [0.15, 0.2) is 0 Å². The van der Waals surface area contributed by atoms with Crippen molar-refractivity contribution in [3.8, 4) is 0 Å². The van der Waals surface area contributed by atoms with E-state index in [9.17, 15) is 0 Å². The summed E-state index contributed by atoms with van der Waals surface area (Å²) in [5.41, 5.74) is 2.31. The van der Waals surface area contributed by atoms with Gasteiger partial charge in [0.25, 0.3) is 0 Å². The second-order valence-corrected chi connectivity index (χ2v) is 6.43. The van der Waals surface area contributed by atoms with Crippen LogP contribution >= 0.6 is 0 Å². The smallest absolute Gasteiger partial charge is 0.128 e. The van der Waals surface area contributed by atoms with Gasteiger partial charge < -0.3 is 10.2 Å². The quantitative estimate of drug-likeness (QED) is 0.887. The van der Waals surface area contributed by atoms with Crippen molar-refractivity contribution in [1.82, 2.24) is 20.1 Å². The molecule has 1 fully saturated rings.